The minimum atomic E-state index is 0.654. The van der Waals surface area contributed by atoms with E-state index in [0.717, 1.165) is 22.7 Å². The molecule has 8 heteroatoms. The van der Waals surface area contributed by atoms with Crippen LogP contribution in [0.15, 0.2) is 48.9 Å². The number of hydrogen-bond donors (Lipinski definition) is 3. The number of H-pyrrole nitrogens is 2. The third kappa shape index (κ3) is 2.55. The Kier molecular flexibility index (Phi) is 3.55. The summed E-state index contributed by atoms with van der Waals surface area (Å²) in [6.45, 7) is 0. The van der Waals surface area contributed by atoms with Gasteiger partial charge in [-0.2, -0.15) is 5.10 Å². The van der Waals surface area contributed by atoms with Crippen LogP contribution in [0.2, 0.25) is 5.02 Å². The summed E-state index contributed by atoms with van der Waals surface area (Å²) >= 11 is 6.05. The van der Waals surface area contributed by atoms with E-state index in [1.54, 1.807) is 0 Å². The fourth-order valence-electron chi connectivity index (χ4n) is 2.53. The number of fused-ring (bicyclic) bond motifs is 1. The minimum absolute atomic E-state index is 0.654. The van der Waals surface area contributed by atoms with Gasteiger partial charge in [0.05, 0.1) is 0 Å². The number of benzene rings is 1. The largest absolute Gasteiger partial charge is 0.348 e. The third-order valence-corrected chi connectivity index (χ3v) is 3.92. The van der Waals surface area contributed by atoms with Crippen LogP contribution in [0.1, 0.15) is 0 Å². The SMILES string of the molecule is CN(c1ccc[nH]1)c1n[nH]c2ncnc(Nc3cccc(Cl)c3)c12. The Morgan fingerprint density at radius 1 is 1.17 bits per heavy atom. The molecule has 0 aliphatic rings. The summed E-state index contributed by atoms with van der Waals surface area (Å²) in [5.74, 6) is 2.29. The van der Waals surface area contributed by atoms with E-state index in [1.165, 1.54) is 6.33 Å². The van der Waals surface area contributed by atoms with Crippen LogP contribution >= 0.6 is 11.6 Å². The molecule has 0 radical (unpaired) electrons. The van der Waals surface area contributed by atoms with Gasteiger partial charge in [-0.25, -0.2) is 9.97 Å². The zero-order valence-corrected chi connectivity index (χ0v) is 13.5. The predicted octanol–water partition coefficient (Wildman–Crippen LogP) is 3.85. The van der Waals surface area contributed by atoms with Crippen molar-refractivity contribution in [2.45, 2.75) is 0 Å². The van der Waals surface area contributed by atoms with Gasteiger partial charge in [0.15, 0.2) is 11.5 Å². The molecule has 0 amide bonds. The average molecular weight is 340 g/mol. The predicted molar refractivity (Wildman–Crippen MR) is 95.3 cm³/mol. The van der Waals surface area contributed by atoms with E-state index in [4.69, 9.17) is 11.6 Å². The topological polar surface area (TPSA) is 85.5 Å². The lowest BCUT2D eigenvalue weighted by Crippen LogP contribution is -2.11. The van der Waals surface area contributed by atoms with Crippen molar-refractivity contribution in [3.8, 4) is 0 Å². The monoisotopic (exact) mass is 339 g/mol. The number of halogens is 1. The molecule has 7 nitrogen and oxygen atoms in total. The van der Waals surface area contributed by atoms with Gasteiger partial charge in [0.1, 0.15) is 23.3 Å². The number of nitrogens with zero attached hydrogens (tertiary/aromatic N) is 4. The Morgan fingerprint density at radius 3 is 2.88 bits per heavy atom. The van der Waals surface area contributed by atoms with Gasteiger partial charge >= 0.3 is 0 Å². The van der Waals surface area contributed by atoms with Gasteiger partial charge in [-0.05, 0) is 30.3 Å². The van der Waals surface area contributed by atoms with Gasteiger partial charge in [0.25, 0.3) is 0 Å². The quantitative estimate of drug-likeness (QED) is 0.526. The molecule has 0 saturated heterocycles. The lowest BCUT2D eigenvalue weighted by Gasteiger charge is -2.15. The van der Waals surface area contributed by atoms with Crippen molar-refractivity contribution in [1.29, 1.82) is 0 Å². The van der Waals surface area contributed by atoms with Crippen LogP contribution in [-0.2, 0) is 0 Å². The smallest absolute Gasteiger partial charge is 0.169 e. The summed E-state index contributed by atoms with van der Waals surface area (Å²) < 4.78 is 0. The molecule has 3 N–H and O–H groups in total. The first-order valence-corrected chi connectivity index (χ1v) is 7.69. The highest BCUT2D eigenvalue weighted by molar-refractivity contribution is 6.30. The molecular formula is C16H14ClN7. The standard InChI is InChI=1S/C16H14ClN7/c1-24(12-6-3-7-18-12)16-13-14(19-9-20-15(13)22-23-16)21-11-5-2-4-10(17)8-11/h2-9,18H,1H3,(H2,19,20,21,22,23). The first-order valence-electron chi connectivity index (χ1n) is 7.31. The second-order valence-electron chi connectivity index (χ2n) is 5.24. The fraction of sp³-hybridized carbons (Fsp3) is 0.0625. The van der Waals surface area contributed by atoms with Crippen molar-refractivity contribution < 1.29 is 0 Å². The average Bonchev–Trinajstić information content (AvgIpc) is 3.25. The van der Waals surface area contributed by atoms with Gasteiger partial charge in [-0.3, -0.25) is 5.10 Å². The molecule has 3 heterocycles. The number of aromatic amines is 2. The van der Waals surface area contributed by atoms with Crippen molar-refractivity contribution in [1.82, 2.24) is 25.1 Å². The summed E-state index contributed by atoms with van der Waals surface area (Å²) in [5, 5.41) is 12.1. The molecule has 0 aliphatic carbocycles. The van der Waals surface area contributed by atoms with Crippen LogP contribution in [0, 0.1) is 0 Å². The molecule has 3 aromatic heterocycles. The van der Waals surface area contributed by atoms with E-state index in [-0.39, 0.29) is 0 Å². The molecule has 4 rings (SSSR count). The number of aromatic nitrogens is 5. The summed E-state index contributed by atoms with van der Waals surface area (Å²) in [7, 11) is 1.93. The van der Waals surface area contributed by atoms with Crippen LogP contribution in [-0.4, -0.2) is 32.2 Å². The molecule has 0 fully saturated rings. The Bertz CT molecular complexity index is 977. The van der Waals surface area contributed by atoms with Gasteiger partial charge in [0.2, 0.25) is 0 Å². The van der Waals surface area contributed by atoms with Crippen LogP contribution in [0.5, 0.6) is 0 Å². The molecule has 0 spiro atoms. The molecule has 1 aromatic carbocycles. The first kappa shape index (κ1) is 14.5. The highest BCUT2D eigenvalue weighted by Crippen LogP contribution is 2.32. The second kappa shape index (κ2) is 5.86. The van der Waals surface area contributed by atoms with E-state index in [2.05, 4.69) is 30.5 Å². The molecule has 0 saturated carbocycles. The molecule has 0 atom stereocenters. The van der Waals surface area contributed by atoms with Crippen LogP contribution in [0.3, 0.4) is 0 Å². The lowest BCUT2D eigenvalue weighted by molar-refractivity contribution is 1.03. The molecular weight excluding hydrogens is 326 g/mol. The summed E-state index contributed by atoms with van der Waals surface area (Å²) in [6.07, 6.45) is 3.36. The third-order valence-electron chi connectivity index (χ3n) is 3.69. The Balaban J connectivity index is 1.80. The van der Waals surface area contributed by atoms with Crippen molar-refractivity contribution >= 4 is 45.8 Å². The van der Waals surface area contributed by atoms with E-state index in [0.29, 0.717) is 16.5 Å². The highest BCUT2D eigenvalue weighted by Gasteiger charge is 2.17. The van der Waals surface area contributed by atoms with Crippen molar-refractivity contribution in [2.24, 2.45) is 0 Å². The van der Waals surface area contributed by atoms with Gasteiger partial charge in [0, 0.05) is 24.0 Å². The number of hydrogen-bond acceptors (Lipinski definition) is 5. The van der Waals surface area contributed by atoms with Crippen molar-refractivity contribution in [2.75, 3.05) is 17.3 Å². The number of nitrogens with one attached hydrogen (secondary N) is 3. The first-order chi connectivity index (χ1) is 11.7. The summed E-state index contributed by atoms with van der Waals surface area (Å²) in [4.78, 5) is 13.7. The lowest BCUT2D eigenvalue weighted by atomic mass is 10.3. The molecule has 0 aliphatic heterocycles. The molecule has 120 valence electrons. The van der Waals surface area contributed by atoms with Crippen molar-refractivity contribution in [3.63, 3.8) is 0 Å². The minimum Gasteiger partial charge on any atom is -0.348 e. The summed E-state index contributed by atoms with van der Waals surface area (Å²) in [6, 6.07) is 11.4. The Morgan fingerprint density at radius 2 is 2.08 bits per heavy atom. The maximum absolute atomic E-state index is 6.05. The fourth-order valence-corrected chi connectivity index (χ4v) is 2.72. The molecule has 0 bridgehead atoms. The van der Waals surface area contributed by atoms with Gasteiger partial charge in [-0.1, -0.05) is 17.7 Å². The molecule has 4 aromatic rings. The molecule has 24 heavy (non-hydrogen) atoms. The van der Waals surface area contributed by atoms with E-state index < -0.39 is 0 Å². The van der Waals surface area contributed by atoms with E-state index >= 15 is 0 Å². The summed E-state index contributed by atoms with van der Waals surface area (Å²) in [5.41, 5.74) is 1.50. The van der Waals surface area contributed by atoms with Gasteiger partial charge < -0.3 is 15.2 Å². The Hall–Kier alpha value is -3.06. The van der Waals surface area contributed by atoms with Crippen LogP contribution in [0.25, 0.3) is 11.0 Å². The van der Waals surface area contributed by atoms with Gasteiger partial charge in [-0.15, -0.1) is 0 Å². The number of anilines is 4. The zero-order chi connectivity index (χ0) is 16.5. The van der Waals surface area contributed by atoms with E-state index in [1.807, 2.05) is 54.5 Å². The Labute approximate surface area is 142 Å². The number of rotatable bonds is 4. The second-order valence-corrected chi connectivity index (χ2v) is 5.68. The maximum atomic E-state index is 6.05. The maximum Gasteiger partial charge on any atom is 0.169 e. The van der Waals surface area contributed by atoms with E-state index in [9.17, 15) is 0 Å². The van der Waals surface area contributed by atoms with Crippen LogP contribution in [0.4, 0.5) is 23.1 Å². The zero-order valence-electron chi connectivity index (χ0n) is 12.8. The van der Waals surface area contributed by atoms with Crippen molar-refractivity contribution in [3.05, 3.63) is 53.9 Å². The normalized spacial score (nSPS) is 10.9. The highest BCUT2D eigenvalue weighted by atomic mass is 35.5. The van der Waals surface area contributed by atoms with Crippen LogP contribution < -0.4 is 10.2 Å². The molecule has 0 unspecified atom stereocenters.